The molecule has 0 aromatic heterocycles. The second-order valence-corrected chi connectivity index (χ2v) is 18.5. The number of unbranched alkanes of at least 4 members (excludes halogenated alkanes) is 29. The Kier molecular flexibility index (Phi) is 51.3. The summed E-state index contributed by atoms with van der Waals surface area (Å²) in [5.74, 6) is -0.911. The molecule has 0 saturated heterocycles. The smallest absolute Gasteiger partial charge is 0.306 e. The van der Waals surface area contributed by atoms with Crippen LogP contribution in [-0.4, -0.2) is 37.2 Å². The fraction of sp³-hybridized carbons (Fsp3) is 0.780. The van der Waals surface area contributed by atoms with Gasteiger partial charge < -0.3 is 14.2 Å². The first-order chi connectivity index (χ1) is 32.0. The van der Waals surface area contributed by atoms with Crippen LogP contribution in [-0.2, 0) is 28.6 Å². The van der Waals surface area contributed by atoms with Crippen LogP contribution in [0, 0.1) is 0 Å². The summed E-state index contributed by atoms with van der Waals surface area (Å²) in [6.07, 6.45) is 66.3. The van der Waals surface area contributed by atoms with Gasteiger partial charge in [-0.25, -0.2) is 0 Å². The van der Waals surface area contributed by atoms with E-state index in [1.165, 1.54) is 135 Å². The molecule has 0 rings (SSSR count). The van der Waals surface area contributed by atoms with Gasteiger partial charge in [0.15, 0.2) is 6.10 Å². The molecule has 6 heteroatoms. The number of ether oxygens (including phenoxy) is 3. The lowest BCUT2D eigenvalue weighted by atomic mass is 10.1. The fourth-order valence-electron chi connectivity index (χ4n) is 7.73. The fourth-order valence-corrected chi connectivity index (χ4v) is 7.73. The van der Waals surface area contributed by atoms with E-state index >= 15 is 0 Å². The number of carbonyl (C=O) groups excluding carboxylic acids is 3. The molecule has 0 aromatic carbocycles. The standard InChI is InChI=1S/C59H104O6/c1-4-7-10-13-16-19-22-25-28-29-32-34-37-40-43-46-49-52-58(61)64-55-56(65-59(62)53-50-47-44-41-38-35-31-27-24-21-18-15-12-9-6-3)54-63-57(60)51-48-45-42-39-36-33-30-26-23-20-17-14-11-8-5-2/h17-18,20-21,25-28,30-31,56H,4-16,19,22-24,29,32-55H2,1-3H3/b20-17-,21-18-,28-25-,30-26-,31-27-. The van der Waals surface area contributed by atoms with Crippen molar-refractivity contribution in [3.63, 3.8) is 0 Å². The molecule has 0 spiro atoms. The van der Waals surface area contributed by atoms with E-state index in [4.69, 9.17) is 14.2 Å². The van der Waals surface area contributed by atoms with E-state index in [0.717, 1.165) is 103 Å². The number of hydrogen-bond acceptors (Lipinski definition) is 6. The Hall–Kier alpha value is -2.89. The number of carbonyl (C=O) groups is 3. The Balaban J connectivity index is 4.42. The lowest BCUT2D eigenvalue weighted by molar-refractivity contribution is -0.167. The number of hydrogen-bond donors (Lipinski definition) is 0. The van der Waals surface area contributed by atoms with Crippen LogP contribution >= 0.6 is 0 Å². The van der Waals surface area contributed by atoms with Gasteiger partial charge in [0, 0.05) is 19.3 Å². The minimum absolute atomic E-state index is 0.0862. The maximum Gasteiger partial charge on any atom is 0.306 e. The normalized spacial score (nSPS) is 12.5. The zero-order valence-electron chi connectivity index (χ0n) is 43.0. The molecule has 0 radical (unpaired) electrons. The molecule has 0 aromatic rings. The minimum Gasteiger partial charge on any atom is -0.462 e. The first-order valence-electron chi connectivity index (χ1n) is 27.8. The number of esters is 3. The molecule has 0 amide bonds. The molecule has 0 saturated carbocycles. The van der Waals surface area contributed by atoms with Gasteiger partial charge in [0.1, 0.15) is 13.2 Å². The summed E-state index contributed by atoms with van der Waals surface area (Å²) in [5, 5.41) is 0. The van der Waals surface area contributed by atoms with E-state index in [9.17, 15) is 14.4 Å². The molecule has 1 atom stereocenters. The number of allylic oxidation sites excluding steroid dienone is 10. The van der Waals surface area contributed by atoms with E-state index < -0.39 is 6.10 Å². The average molecular weight is 909 g/mol. The SMILES string of the molecule is CCCCC/C=C\C/C=C\CCCCCCCC(=O)OCC(COC(=O)CCCCCCCCC/C=C\CCCCCCCC)OC(=O)CCCCCCC/C=C\C/C=C\CCCCC. The highest BCUT2D eigenvalue weighted by atomic mass is 16.6. The third-order valence-corrected chi connectivity index (χ3v) is 12.0. The van der Waals surface area contributed by atoms with Gasteiger partial charge in [-0.15, -0.1) is 0 Å². The molecule has 1 unspecified atom stereocenters. The van der Waals surface area contributed by atoms with Crippen molar-refractivity contribution in [1.82, 2.24) is 0 Å². The van der Waals surface area contributed by atoms with Crippen LogP contribution in [0.5, 0.6) is 0 Å². The Labute approximate surface area is 402 Å². The average Bonchev–Trinajstić information content (AvgIpc) is 3.30. The highest BCUT2D eigenvalue weighted by molar-refractivity contribution is 5.71. The van der Waals surface area contributed by atoms with E-state index in [1.807, 2.05) is 0 Å². The third-order valence-electron chi connectivity index (χ3n) is 12.0. The molecular formula is C59H104O6. The van der Waals surface area contributed by atoms with Gasteiger partial charge in [-0.1, -0.05) is 210 Å². The summed E-state index contributed by atoms with van der Waals surface area (Å²) in [7, 11) is 0. The Bertz CT molecular complexity index is 1180. The monoisotopic (exact) mass is 909 g/mol. The molecule has 0 bridgehead atoms. The van der Waals surface area contributed by atoms with Gasteiger partial charge in [0.05, 0.1) is 0 Å². The van der Waals surface area contributed by atoms with Crippen molar-refractivity contribution in [2.45, 2.75) is 284 Å². The zero-order valence-corrected chi connectivity index (χ0v) is 43.0. The quantitative estimate of drug-likeness (QED) is 0.0262. The second kappa shape index (κ2) is 53.7. The van der Waals surface area contributed by atoms with Crippen LogP contribution in [0.3, 0.4) is 0 Å². The second-order valence-electron chi connectivity index (χ2n) is 18.5. The highest BCUT2D eigenvalue weighted by Gasteiger charge is 2.19. The predicted molar refractivity (Wildman–Crippen MR) is 279 cm³/mol. The topological polar surface area (TPSA) is 78.9 Å². The van der Waals surface area contributed by atoms with Crippen molar-refractivity contribution < 1.29 is 28.6 Å². The van der Waals surface area contributed by atoms with Gasteiger partial charge in [-0.3, -0.25) is 14.4 Å². The Morgan fingerprint density at radius 3 is 0.892 bits per heavy atom. The molecule has 0 heterocycles. The van der Waals surface area contributed by atoms with Gasteiger partial charge in [0.25, 0.3) is 0 Å². The lowest BCUT2D eigenvalue weighted by Crippen LogP contribution is -2.30. The van der Waals surface area contributed by atoms with Crippen LogP contribution in [0.4, 0.5) is 0 Å². The van der Waals surface area contributed by atoms with Crippen molar-refractivity contribution in [2.24, 2.45) is 0 Å². The summed E-state index contributed by atoms with van der Waals surface area (Å²) < 4.78 is 16.8. The predicted octanol–water partition coefficient (Wildman–Crippen LogP) is 18.4. The third kappa shape index (κ3) is 51.9. The van der Waals surface area contributed by atoms with Crippen molar-refractivity contribution in [3.8, 4) is 0 Å². The maximum absolute atomic E-state index is 12.8. The van der Waals surface area contributed by atoms with Gasteiger partial charge in [-0.2, -0.15) is 0 Å². The van der Waals surface area contributed by atoms with E-state index in [0.29, 0.717) is 19.3 Å². The van der Waals surface area contributed by atoms with Crippen LogP contribution < -0.4 is 0 Å². The summed E-state index contributed by atoms with van der Waals surface area (Å²) in [6.45, 7) is 6.57. The van der Waals surface area contributed by atoms with Crippen molar-refractivity contribution in [3.05, 3.63) is 60.8 Å². The Morgan fingerprint density at radius 2 is 0.554 bits per heavy atom. The molecule has 0 aliphatic rings. The van der Waals surface area contributed by atoms with Crippen molar-refractivity contribution in [2.75, 3.05) is 13.2 Å². The summed E-state index contributed by atoms with van der Waals surface area (Å²) in [5.41, 5.74) is 0. The van der Waals surface area contributed by atoms with Crippen LogP contribution in [0.15, 0.2) is 60.8 Å². The summed E-state index contributed by atoms with van der Waals surface area (Å²) >= 11 is 0. The molecular weight excluding hydrogens is 805 g/mol. The summed E-state index contributed by atoms with van der Waals surface area (Å²) in [4.78, 5) is 38.1. The minimum atomic E-state index is -0.789. The summed E-state index contributed by atoms with van der Waals surface area (Å²) in [6, 6.07) is 0. The first-order valence-corrected chi connectivity index (χ1v) is 27.8. The van der Waals surface area contributed by atoms with Gasteiger partial charge in [0.2, 0.25) is 0 Å². The lowest BCUT2D eigenvalue weighted by Gasteiger charge is -2.18. The van der Waals surface area contributed by atoms with Crippen LogP contribution in [0.2, 0.25) is 0 Å². The number of rotatable bonds is 50. The Morgan fingerprint density at radius 1 is 0.308 bits per heavy atom. The largest absolute Gasteiger partial charge is 0.462 e. The van der Waals surface area contributed by atoms with Gasteiger partial charge >= 0.3 is 17.9 Å². The van der Waals surface area contributed by atoms with Crippen molar-refractivity contribution >= 4 is 17.9 Å². The zero-order chi connectivity index (χ0) is 47.2. The molecule has 6 nitrogen and oxygen atoms in total. The van der Waals surface area contributed by atoms with Gasteiger partial charge in [-0.05, 0) is 109 Å². The molecule has 0 aliphatic heterocycles. The molecule has 376 valence electrons. The van der Waals surface area contributed by atoms with E-state index in [-0.39, 0.29) is 31.1 Å². The molecule has 0 aliphatic carbocycles. The van der Waals surface area contributed by atoms with E-state index in [2.05, 4.69) is 81.5 Å². The van der Waals surface area contributed by atoms with Crippen LogP contribution in [0.1, 0.15) is 278 Å². The highest BCUT2D eigenvalue weighted by Crippen LogP contribution is 2.14. The first kappa shape index (κ1) is 62.1. The van der Waals surface area contributed by atoms with E-state index in [1.54, 1.807) is 0 Å². The molecule has 0 N–H and O–H groups in total. The maximum atomic E-state index is 12.8. The molecule has 0 fully saturated rings. The van der Waals surface area contributed by atoms with Crippen LogP contribution in [0.25, 0.3) is 0 Å². The molecule has 65 heavy (non-hydrogen) atoms. The van der Waals surface area contributed by atoms with Crippen molar-refractivity contribution in [1.29, 1.82) is 0 Å².